The van der Waals surface area contributed by atoms with Crippen LogP contribution in [0, 0.1) is 0 Å². The van der Waals surface area contributed by atoms with Gasteiger partial charge in [0.05, 0.1) is 10.9 Å². The highest BCUT2D eigenvalue weighted by atomic mass is 32.2. The van der Waals surface area contributed by atoms with Crippen LogP contribution >= 0.6 is 11.8 Å². The number of thioether (sulfide) groups is 1. The Morgan fingerprint density at radius 3 is 2.27 bits per heavy atom. The van der Waals surface area contributed by atoms with Crippen molar-refractivity contribution in [3.63, 3.8) is 0 Å². The summed E-state index contributed by atoms with van der Waals surface area (Å²) in [5.74, 6) is -0.0125. The van der Waals surface area contributed by atoms with E-state index in [-0.39, 0.29) is 11.9 Å². The number of nitrogens with one attached hydrogen (secondary N) is 1. The molecule has 1 fully saturated rings. The number of hydrogen-bond donors (Lipinski definition) is 1. The van der Waals surface area contributed by atoms with Crippen molar-refractivity contribution in [3.05, 3.63) is 59.7 Å². The lowest BCUT2D eigenvalue weighted by molar-refractivity contribution is -0.121. The third-order valence-corrected chi connectivity index (χ3v) is 8.17. The predicted octanol–water partition coefficient (Wildman–Crippen LogP) is 4.39. The molecular weight excluding hydrogens is 416 g/mol. The first kappa shape index (κ1) is 22.8. The van der Waals surface area contributed by atoms with E-state index < -0.39 is 10.0 Å². The number of piperidine rings is 1. The van der Waals surface area contributed by atoms with Crippen molar-refractivity contribution in [1.29, 1.82) is 0 Å². The number of hydrogen-bond acceptors (Lipinski definition) is 4. The molecule has 0 radical (unpaired) electrons. The molecule has 0 unspecified atom stereocenters. The Morgan fingerprint density at radius 1 is 1.03 bits per heavy atom. The van der Waals surface area contributed by atoms with Gasteiger partial charge in [-0.3, -0.25) is 4.79 Å². The number of sulfonamides is 1. The van der Waals surface area contributed by atoms with Crippen LogP contribution < -0.4 is 5.32 Å². The molecule has 1 saturated heterocycles. The summed E-state index contributed by atoms with van der Waals surface area (Å²) < 4.78 is 27.0. The van der Waals surface area contributed by atoms with Crippen LogP contribution in [0.25, 0.3) is 0 Å². The van der Waals surface area contributed by atoms with E-state index in [2.05, 4.69) is 17.4 Å². The van der Waals surface area contributed by atoms with Gasteiger partial charge in [0.25, 0.3) is 0 Å². The number of benzene rings is 2. The Bertz CT molecular complexity index is 935. The van der Waals surface area contributed by atoms with Crippen LogP contribution in [-0.4, -0.2) is 38.0 Å². The standard InChI is InChI=1S/C23H30N2O3S2/c1-18(20-9-11-21(29-2)12-10-20)24-23(26)15-8-19-6-13-22(14-7-19)30(27,28)25-16-4-3-5-17-25/h6-7,9-14,18H,3-5,8,15-17H2,1-2H3,(H,24,26)/t18-/m0/s1. The molecule has 3 rings (SSSR count). The summed E-state index contributed by atoms with van der Waals surface area (Å²) in [5.41, 5.74) is 2.04. The molecule has 1 aliphatic heterocycles. The van der Waals surface area contributed by atoms with Gasteiger partial charge in [0.15, 0.2) is 0 Å². The van der Waals surface area contributed by atoms with Gasteiger partial charge in [0, 0.05) is 24.4 Å². The fourth-order valence-corrected chi connectivity index (χ4v) is 5.56. The molecule has 1 aliphatic rings. The lowest BCUT2D eigenvalue weighted by Crippen LogP contribution is -2.35. The second-order valence-electron chi connectivity index (χ2n) is 7.67. The Kier molecular flexibility index (Phi) is 7.97. The average molecular weight is 447 g/mol. The van der Waals surface area contributed by atoms with Crippen LogP contribution in [0.4, 0.5) is 0 Å². The first-order valence-corrected chi connectivity index (χ1v) is 13.1. The summed E-state index contributed by atoms with van der Waals surface area (Å²) in [4.78, 5) is 13.9. The summed E-state index contributed by atoms with van der Waals surface area (Å²) in [6.07, 6.45) is 5.92. The van der Waals surface area contributed by atoms with Crippen molar-refractivity contribution in [3.8, 4) is 0 Å². The van der Waals surface area contributed by atoms with Crippen molar-refractivity contribution in [1.82, 2.24) is 9.62 Å². The van der Waals surface area contributed by atoms with Crippen molar-refractivity contribution >= 4 is 27.7 Å². The van der Waals surface area contributed by atoms with Crippen molar-refractivity contribution in [2.45, 2.75) is 54.9 Å². The van der Waals surface area contributed by atoms with E-state index in [1.165, 1.54) is 4.90 Å². The molecule has 7 heteroatoms. The van der Waals surface area contributed by atoms with Crippen molar-refractivity contribution in [2.24, 2.45) is 0 Å². The lowest BCUT2D eigenvalue weighted by Gasteiger charge is -2.25. The Labute approximate surface area is 184 Å². The van der Waals surface area contributed by atoms with E-state index in [1.54, 1.807) is 28.2 Å². The topological polar surface area (TPSA) is 66.5 Å². The summed E-state index contributed by atoms with van der Waals surface area (Å²) in [6, 6.07) is 15.1. The average Bonchev–Trinajstić information content (AvgIpc) is 2.78. The highest BCUT2D eigenvalue weighted by molar-refractivity contribution is 7.98. The number of nitrogens with zero attached hydrogens (tertiary/aromatic N) is 1. The molecule has 5 nitrogen and oxygen atoms in total. The smallest absolute Gasteiger partial charge is 0.243 e. The predicted molar refractivity (Wildman–Crippen MR) is 122 cm³/mol. The minimum absolute atomic E-state index is 0.0125. The zero-order valence-electron chi connectivity index (χ0n) is 17.6. The Morgan fingerprint density at radius 2 is 1.67 bits per heavy atom. The highest BCUT2D eigenvalue weighted by Gasteiger charge is 2.25. The minimum Gasteiger partial charge on any atom is -0.350 e. The maximum Gasteiger partial charge on any atom is 0.243 e. The van der Waals surface area contributed by atoms with E-state index in [1.807, 2.05) is 37.4 Å². The fourth-order valence-electron chi connectivity index (χ4n) is 3.63. The second kappa shape index (κ2) is 10.5. The maximum atomic E-state index is 12.7. The fraction of sp³-hybridized carbons (Fsp3) is 0.435. The molecule has 0 spiro atoms. The molecule has 1 heterocycles. The maximum absolute atomic E-state index is 12.7. The van der Waals surface area contributed by atoms with Gasteiger partial charge in [-0.15, -0.1) is 11.8 Å². The van der Waals surface area contributed by atoms with Gasteiger partial charge in [-0.2, -0.15) is 4.31 Å². The third kappa shape index (κ3) is 5.86. The normalized spacial score (nSPS) is 16.2. The minimum atomic E-state index is -3.41. The molecule has 0 bridgehead atoms. The van der Waals surface area contributed by atoms with Gasteiger partial charge in [-0.05, 0) is 67.8 Å². The molecule has 162 valence electrons. The van der Waals surface area contributed by atoms with Gasteiger partial charge in [-0.25, -0.2) is 8.42 Å². The monoisotopic (exact) mass is 446 g/mol. The van der Waals surface area contributed by atoms with E-state index in [0.29, 0.717) is 30.8 Å². The van der Waals surface area contributed by atoms with E-state index in [0.717, 1.165) is 30.4 Å². The SMILES string of the molecule is CSc1ccc([C@H](C)NC(=O)CCc2ccc(S(=O)(=O)N3CCCCC3)cc2)cc1. The Balaban J connectivity index is 1.52. The van der Waals surface area contributed by atoms with Gasteiger partial charge in [-0.1, -0.05) is 30.7 Å². The summed E-state index contributed by atoms with van der Waals surface area (Å²) in [5, 5.41) is 3.03. The summed E-state index contributed by atoms with van der Waals surface area (Å²) >= 11 is 1.69. The molecule has 0 aliphatic carbocycles. The zero-order chi connectivity index (χ0) is 21.6. The number of carbonyl (C=O) groups excluding carboxylic acids is 1. The molecule has 1 amide bonds. The number of amides is 1. The summed E-state index contributed by atoms with van der Waals surface area (Å²) in [7, 11) is -3.41. The molecule has 30 heavy (non-hydrogen) atoms. The lowest BCUT2D eigenvalue weighted by atomic mass is 10.1. The summed E-state index contributed by atoms with van der Waals surface area (Å²) in [6.45, 7) is 3.18. The van der Waals surface area contributed by atoms with E-state index >= 15 is 0 Å². The van der Waals surface area contributed by atoms with Gasteiger partial charge < -0.3 is 5.32 Å². The van der Waals surface area contributed by atoms with Gasteiger partial charge in [0.1, 0.15) is 0 Å². The molecule has 2 aromatic carbocycles. The first-order chi connectivity index (χ1) is 14.4. The van der Waals surface area contributed by atoms with Crippen LogP contribution in [0.1, 0.15) is 49.8 Å². The third-order valence-electron chi connectivity index (χ3n) is 5.51. The van der Waals surface area contributed by atoms with Crippen molar-refractivity contribution in [2.75, 3.05) is 19.3 Å². The molecule has 0 saturated carbocycles. The van der Waals surface area contributed by atoms with Crippen LogP contribution in [0.2, 0.25) is 0 Å². The van der Waals surface area contributed by atoms with Crippen molar-refractivity contribution < 1.29 is 13.2 Å². The zero-order valence-corrected chi connectivity index (χ0v) is 19.3. The van der Waals surface area contributed by atoms with Crippen LogP contribution in [0.3, 0.4) is 0 Å². The van der Waals surface area contributed by atoms with Crippen LogP contribution in [0.15, 0.2) is 58.3 Å². The van der Waals surface area contributed by atoms with Crippen LogP contribution in [0.5, 0.6) is 0 Å². The number of rotatable bonds is 8. The Hall–Kier alpha value is -1.83. The number of aryl methyl sites for hydroxylation is 1. The molecular formula is C23H30N2O3S2. The van der Waals surface area contributed by atoms with Gasteiger partial charge in [0.2, 0.25) is 15.9 Å². The van der Waals surface area contributed by atoms with E-state index in [4.69, 9.17) is 0 Å². The number of carbonyl (C=O) groups is 1. The molecule has 0 aromatic heterocycles. The highest BCUT2D eigenvalue weighted by Crippen LogP contribution is 2.22. The molecule has 2 aromatic rings. The molecule has 1 N–H and O–H groups in total. The van der Waals surface area contributed by atoms with Gasteiger partial charge >= 0.3 is 0 Å². The first-order valence-electron chi connectivity index (χ1n) is 10.4. The largest absolute Gasteiger partial charge is 0.350 e. The second-order valence-corrected chi connectivity index (χ2v) is 10.5. The van der Waals surface area contributed by atoms with E-state index in [9.17, 15) is 13.2 Å². The quantitative estimate of drug-likeness (QED) is 0.611. The van der Waals surface area contributed by atoms with Crippen LogP contribution in [-0.2, 0) is 21.2 Å². The molecule has 1 atom stereocenters.